The first-order valence-electron chi connectivity index (χ1n) is 12.5. The molecule has 0 saturated carbocycles. The molecule has 0 bridgehead atoms. The molecule has 1 aromatic heterocycles. The number of methoxy groups -OCH3 is 1. The Balaban J connectivity index is 1.55. The number of aromatic amines is 1. The number of hydrogen-bond acceptors (Lipinski definition) is 7. The number of H-pyrrole nitrogens is 1. The Morgan fingerprint density at radius 3 is 2.47 bits per heavy atom. The Morgan fingerprint density at radius 2 is 1.84 bits per heavy atom. The van der Waals surface area contributed by atoms with Gasteiger partial charge in [-0.1, -0.05) is 35.0 Å². The molecule has 1 fully saturated rings. The third-order valence-electron chi connectivity index (χ3n) is 6.78. The van der Waals surface area contributed by atoms with E-state index in [1.54, 1.807) is 12.1 Å². The molecule has 2 aliphatic heterocycles. The van der Waals surface area contributed by atoms with Gasteiger partial charge in [-0.3, -0.25) is 14.5 Å². The number of nitrogens with one attached hydrogen (secondary N) is 1. The second-order valence-electron chi connectivity index (χ2n) is 9.47. The number of carboxylic acid groups (broad SMARTS) is 1. The number of carbonyl (C=O) groups excluding carboxylic acids is 2. The minimum Gasteiger partial charge on any atom is -0.495 e. The van der Waals surface area contributed by atoms with E-state index in [0.717, 1.165) is 12.1 Å². The molecule has 0 spiro atoms. The lowest BCUT2D eigenvalue weighted by atomic mass is 10.1. The number of aromatic nitrogens is 1. The summed E-state index contributed by atoms with van der Waals surface area (Å²) >= 11 is 18.3. The van der Waals surface area contributed by atoms with E-state index >= 15 is 0 Å². The van der Waals surface area contributed by atoms with E-state index < -0.39 is 40.2 Å². The highest BCUT2D eigenvalue weighted by molar-refractivity contribution is 7.99. The minimum atomic E-state index is -4.00. The van der Waals surface area contributed by atoms with Crippen LogP contribution in [0.5, 0.6) is 5.75 Å². The molecule has 0 unspecified atom stereocenters. The molecule has 10 nitrogen and oxygen atoms in total. The number of cyclic esters (lactones) is 1. The van der Waals surface area contributed by atoms with Gasteiger partial charge >= 0.3 is 17.4 Å². The lowest BCUT2D eigenvalue weighted by molar-refractivity contribution is 0.0695. The molecule has 3 heterocycles. The molecular formula is C27H20Cl3F2N3O7S. The highest BCUT2D eigenvalue weighted by Crippen LogP contribution is 2.43. The number of halogens is 5. The molecule has 16 heteroatoms. The van der Waals surface area contributed by atoms with Crippen LogP contribution in [0.1, 0.15) is 44.0 Å². The van der Waals surface area contributed by atoms with Crippen molar-refractivity contribution in [3.8, 4) is 5.75 Å². The van der Waals surface area contributed by atoms with E-state index in [-0.39, 0.29) is 38.5 Å². The van der Waals surface area contributed by atoms with Crippen molar-refractivity contribution in [3.05, 3.63) is 78.7 Å². The van der Waals surface area contributed by atoms with E-state index in [1.165, 1.54) is 23.0 Å². The summed E-state index contributed by atoms with van der Waals surface area (Å²) in [5.74, 6) is -1.82. The number of nitrogens with zero attached hydrogens (tertiary/aromatic N) is 2. The van der Waals surface area contributed by atoms with Gasteiger partial charge < -0.3 is 24.5 Å². The molecular weight excluding hydrogens is 655 g/mol. The van der Waals surface area contributed by atoms with Gasteiger partial charge in [-0.05, 0) is 59.5 Å². The second-order valence-corrected chi connectivity index (χ2v) is 11.8. The summed E-state index contributed by atoms with van der Waals surface area (Å²) in [7, 11) is 1.44. The average molecular weight is 675 g/mol. The second kappa shape index (κ2) is 11.9. The lowest BCUT2D eigenvalue weighted by Crippen LogP contribution is -2.38. The number of fused-ring (bicyclic) bond motifs is 1. The number of anilines is 1. The van der Waals surface area contributed by atoms with Crippen molar-refractivity contribution in [2.24, 2.45) is 0 Å². The number of alkyl halides is 3. The zero-order valence-corrected chi connectivity index (χ0v) is 25.1. The predicted molar refractivity (Wildman–Crippen MR) is 154 cm³/mol. The van der Waals surface area contributed by atoms with Gasteiger partial charge in [0.15, 0.2) is 0 Å². The monoisotopic (exact) mass is 673 g/mol. The number of ether oxygens (including phenoxy) is 2. The lowest BCUT2D eigenvalue weighted by Gasteiger charge is -2.28. The van der Waals surface area contributed by atoms with Crippen molar-refractivity contribution in [2.75, 3.05) is 25.2 Å². The predicted octanol–water partition coefficient (Wildman–Crippen LogP) is 6.33. The number of carboxylic acids is 1. The smallest absolute Gasteiger partial charge is 0.414 e. The Hall–Kier alpha value is -3.52. The molecule has 5 rings (SSSR count). The highest BCUT2D eigenvalue weighted by Gasteiger charge is 2.35. The van der Waals surface area contributed by atoms with Crippen molar-refractivity contribution in [1.29, 1.82) is 0 Å². The molecule has 0 radical (unpaired) electrons. The van der Waals surface area contributed by atoms with Gasteiger partial charge in [-0.15, -0.1) is 0 Å². The number of amides is 2. The topological polar surface area (TPSA) is 129 Å². The fourth-order valence-electron chi connectivity index (χ4n) is 4.73. The molecule has 2 N–H and O–H groups in total. The molecule has 226 valence electrons. The number of carbonyl (C=O) groups is 3. The minimum absolute atomic E-state index is 0.0149. The largest absolute Gasteiger partial charge is 0.495 e. The number of benzene rings is 2. The summed E-state index contributed by atoms with van der Waals surface area (Å²) in [5.41, 5.74) is -1.20. The van der Waals surface area contributed by atoms with Gasteiger partial charge in [-0.2, -0.15) is 8.78 Å². The van der Waals surface area contributed by atoms with Crippen LogP contribution in [-0.4, -0.2) is 53.2 Å². The molecule has 43 heavy (non-hydrogen) atoms. The fourth-order valence-corrected chi connectivity index (χ4v) is 6.56. The van der Waals surface area contributed by atoms with E-state index in [1.807, 2.05) is 4.98 Å². The zero-order valence-electron chi connectivity index (χ0n) is 22.0. The van der Waals surface area contributed by atoms with Crippen molar-refractivity contribution in [2.45, 2.75) is 34.7 Å². The zero-order chi connectivity index (χ0) is 31.2. The Labute approximate surface area is 261 Å². The van der Waals surface area contributed by atoms with E-state index in [2.05, 4.69) is 0 Å². The Kier molecular flexibility index (Phi) is 8.54. The van der Waals surface area contributed by atoms with Crippen molar-refractivity contribution >= 4 is 70.2 Å². The van der Waals surface area contributed by atoms with Gasteiger partial charge in [0.25, 0.3) is 11.5 Å². The van der Waals surface area contributed by atoms with Crippen molar-refractivity contribution < 1.29 is 37.7 Å². The molecule has 2 amide bonds. The van der Waals surface area contributed by atoms with Crippen molar-refractivity contribution in [1.82, 2.24) is 9.88 Å². The summed E-state index contributed by atoms with van der Waals surface area (Å²) < 4.78 is 38.8. The summed E-state index contributed by atoms with van der Waals surface area (Å²) in [6.45, 7) is 0.743. The summed E-state index contributed by atoms with van der Waals surface area (Å²) in [6.07, 6.45) is 0.0738. The molecule has 0 aliphatic carbocycles. The summed E-state index contributed by atoms with van der Waals surface area (Å²) in [6, 6.07) is 6.59. The maximum Gasteiger partial charge on any atom is 0.414 e. The van der Waals surface area contributed by atoms with E-state index in [9.17, 15) is 33.1 Å². The number of pyridine rings is 1. The third-order valence-corrected chi connectivity index (χ3v) is 9.09. The number of aromatic carboxylic acids is 1. The van der Waals surface area contributed by atoms with Crippen LogP contribution in [0.3, 0.4) is 0 Å². The van der Waals surface area contributed by atoms with Gasteiger partial charge in [-0.25, -0.2) is 9.59 Å². The van der Waals surface area contributed by atoms with Gasteiger partial charge in [0.2, 0.25) is 0 Å². The van der Waals surface area contributed by atoms with Crippen LogP contribution in [-0.2, 0) is 23.2 Å². The fraction of sp³-hybridized carbons (Fsp3) is 0.259. The van der Waals surface area contributed by atoms with Gasteiger partial charge in [0, 0.05) is 24.5 Å². The first kappa shape index (κ1) is 30.9. The maximum atomic E-state index is 14.1. The van der Waals surface area contributed by atoms with Crippen molar-refractivity contribution in [3.63, 3.8) is 0 Å². The third kappa shape index (κ3) is 5.99. The average Bonchev–Trinajstić information content (AvgIpc) is 3.36. The Morgan fingerprint density at radius 1 is 1.14 bits per heavy atom. The normalized spacial score (nSPS) is 14.9. The standard InChI is InChI=1S/C27H20Cl3F2N3O7S/c1-41-17-8-13-11-34(10-12(13)7-16(17)35-5-2-6-42-26(35)40)24(37)20-18(9-19(27(30,31)32)33-23(20)36)43-22-15(28)4-3-14(21(22)29)25(38)39/h3-4,7-9H,2,5-6,10-11H2,1H3,(H,33,36)(H,38,39). The molecule has 2 aliphatic rings. The van der Waals surface area contributed by atoms with E-state index in [4.69, 9.17) is 44.3 Å². The van der Waals surface area contributed by atoms with Crippen LogP contribution in [0.15, 0.2) is 44.9 Å². The van der Waals surface area contributed by atoms with Crippen LogP contribution in [0.4, 0.5) is 19.3 Å². The van der Waals surface area contributed by atoms with Crippen LogP contribution in [0.25, 0.3) is 0 Å². The molecule has 3 aromatic rings. The first-order chi connectivity index (χ1) is 20.3. The molecule has 2 aromatic carbocycles. The number of hydrogen-bond donors (Lipinski definition) is 2. The van der Waals surface area contributed by atoms with Crippen LogP contribution in [0, 0.1) is 0 Å². The van der Waals surface area contributed by atoms with Crippen LogP contribution in [0.2, 0.25) is 10.0 Å². The van der Waals surface area contributed by atoms with E-state index in [0.29, 0.717) is 53.9 Å². The van der Waals surface area contributed by atoms with Crippen LogP contribution < -0.4 is 15.2 Å². The first-order valence-corrected chi connectivity index (χ1v) is 14.4. The quantitative estimate of drug-likeness (QED) is 0.278. The number of rotatable bonds is 7. The van der Waals surface area contributed by atoms with Crippen LogP contribution >= 0.6 is 46.6 Å². The van der Waals surface area contributed by atoms with Gasteiger partial charge in [0.05, 0.1) is 39.9 Å². The van der Waals surface area contributed by atoms with Gasteiger partial charge in [0.1, 0.15) is 17.0 Å². The SMILES string of the molecule is COc1cc2c(cc1N1CCCOC1=O)CN(C(=O)c1c(Sc3c(Cl)ccc(C(=O)O)c3Cl)cc(C(F)(F)Cl)[nH]c1=O)C2. The summed E-state index contributed by atoms with van der Waals surface area (Å²) in [4.78, 5) is 55.4. The molecule has 1 saturated heterocycles. The Bertz CT molecular complexity index is 1730. The summed E-state index contributed by atoms with van der Waals surface area (Å²) in [5, 5.41) is 5.11. The highest BCUT2D eigenvalue weighted by atomic mass is 35.5. The maximum absolute atomic E-state index is 14.1. The molecule has 0 atom stereocenters.